The van der Waals surface area contributed by atoms with Crippen molar-refractivity contribution in [3.8, 4) is 11.5 Å². The summed E-state index contributed by atoms with van der Waals surface area (Å²) in [7, 11) is 0. The Balaban J connectivity index is 1.70. The molecule has 0 saturated heterocycles. The molecule has 0 spiro atoms. The third-order valence-electron chi connectivity index (χ3n) is 3.96. The number of aromatic amines is 1. The number of hydrogen-bond donors (Lipinski definition) is 4. The number of thiophene rings is 1. The van der Waals surface area contributed by atoms with Crippen LogP contribution in [-0.4, -0.2) is 26.3 Å². The van der Waals surface area contributed by atoms with Crippen LogP contribution in [0.3, 0.4) is 0 Å². The molecule has 138 valence electrons. The fraction of sp³-hybridized carbons (Fsp3) is 0.0588. The third-order valence-corrected chi connectivity index (χ3v) is 5.06. The summed E-state index contributed by atoms with van der Waals surface area (Å²) in [6, 6.07) is 6.30. The molecule has 10 heteroatoms. The summed E-state index contributed by atoms with van der Waals surface area (Å²) in [6.45, 7) is 0. The molecule has 0 atom stereocenters. The molecule has 2 heterocycles. The Morgan fingerprint density at radius 2 is 1.85 bits per heavy atom. The molecule has 0 aliphatic heterocycles. The number of nitrogens with one attached hydrogen (secondary N) is 2. The van der Waals surface area contributed by atoms with Crippen molar-refractivity contribution >= 4 is 43.9 Å². The number of aromatic nitrogens is 2. The minimum absolute atomic E-state index is 0.0350. The highest BCUT2D eigenvalue weighted by Gasteiger charge is 2.33. The van der Waals surface area contributed by atoms with Gasteiger partial charge in [0.25, 0.3) is 5.91 Å². The number of amides is 1. The molecule has 0 aliphatic rings. The number of phenols is 2. The molecule has 4 N–H and O–H groups in total. The van der Waals surface area contributed by atoms with E-state index in [0.29, 0.717) is 10.1 Å². The van der Waals surface area contributed by atoms with Crippen molar-refractivity contribution in [1.29, 1.82) is 0 Å². The predicted octanol–water partition coefficient (Wildman–Crippen LogP) is 4.46. The van der Waals surface area contributed by atoms with Crippen molar-refractivity contribution in [2.24, 2.45) is 0 Å². The monoisotopic (exact) mass is 393 g/mol. The van der Waals surface area contributed by atoms with Crippen molar-refractivity contribution in [2.45, 2.75) is 6.18 Å². The van der Waals surface area contributed by atoms with Crippen molar-refractivity contribution in [1.82, 2.24) is 10.2 Å². The summed E-state index contributed by atoms with van der Waals surface area (Å²) in [6.07, 6.45) is -3.52. The number of halogens is 3. The van der Waals surface area contributed by atoms with Crippen LogP contribution in [0, 0.1) is 0 Å². The maximum absolute atomic E-state index is 13.3. The van der Waals surface area contributed by atoms with Crippen LogP contribution in [0.4, 0.5) is 18.9 Å². The van der Waals surface area contributed by atoms with Gasteiger partial charge >= 0.3 is 6.18 Å². The first-order valence-corrected chi connectivity index (χ1v) is 8.35. The number of nitrogens with zero attached hydrogens (tertiary/aromatic N) is 1. The molecule has 27 heavy (non-hydrogen) atoms. The van der Waals surface area contributed by atoms with E-state index in [9.17, 15) is 28.2 Å². The lowest BCUT2D eigenvalue weighted by Gasteiger charge is -2.11. The molecule has 0 fully saturated rings. The number of carbonyl (C=O) groups is 1. The first-order chi connectivity index (χ1) is 12.7. The quantitative estimate of drug-likeness (QED) is 0.378. The van der Waals surface area contributed by atoms with Gasteiger partial charge < -0.3 is 15.5 Å². The van der Waals surface area contributed by atoms with E-state index in [0.717, 1.165) is 23.6 Å². The molecule has 4 rings (SSSR count). The van der Waals surface area contributed by atoms with Gasteiger partial charge in [0.15, 0.2) is 11.5 Å². The Labute approximate surface area is 152 Å². The largest absolute Gasteiger partial charge is 0.504 e. The Bertz CT molecular complexity index is 1160. The molecule has 1 amide bonds. The lowest BCUT2D eigenvalue weighted by Crippen LogP contribution is -2.12. The van der Waals surface area contributed by atoms with Crippen LogP contribution < -0.4 is 5.32 Å². The number of alkyl halides is 3. The molecule has 6 nitrogen and oxygen atoms in total. The first kappa shape index (κ1) is 17.2. The summed E-state index contributed by atoms with van der Waals surface area (Å²) < 4.78 is 40.3. The second kappa shape index (κ2) is 5.88. The normalized spacial score (nSPS) is 12.0. The van der Waals surface area contributed by atoms with Crippen LogP contribution in [0.5, 0.6) is 11.5 Å². The fourth-order valence-electron chi connectivity index (χ4n) is 2.73. The molecule has 0 unspecified atom stereocenters. The molecule has 0 saturated carbocycles. The Kier molecular flexibility index (Phi) is 3.74. The Morgan fingerprint density at radius 1 is 1.11 bits per heavy atom. The standard InChI is InChI=1S/C17H10F3N3O3S/c18-17(19,20)10-3-8(4-11-9(10)6-21-23-11)22-16(26)15-2-7-1-12(24)13(25)5-14(7)27-15/h1-6,24-25H,(H,21,23)(H,22,26). The average molecular weight is 393 g/mol. The molecule has 2 aromatic heterocycles. The molecule has 0 bridgehead atoms. The second-order valence-corrected chi connectivity index (χ2v) is 6.88. The van der Waals surface area contributed by atoms with Crippen LogP contribution in [0.15, 0.2) is 36.5 Å². The second-order valence-electron chi connectivity index (χ2n) is 5.80. The van der Waals surface area contributed by atoms with E-state index in [1.807, 2.05) is 0 Å². The van der Waals surface area contributed by atoms with Gasteiger partial charge in [-0.25, -0.2) is 0 Å². The smallest absolute Gasteiger partial charge is 0.417 e. The minimum Gasteiger partial charge on any atom is -0.504 e. The zero-order chi connectivity index (χ0) is 19.3. The summed E-state index contributed by atoms with van der Waals surface area (Å²) in [5.41, 5.74) is -0.797. The Hall–Kier alpha value is -3.27. The molecular formula is C17H10F3N3O3S. The number of rotatable bonds is 2. The van der Waals surface area contributed by atoms with Crippen molar-refractivity contribution < 1.29 is 28.2 Å². The molecule has 4 aromatic rings. The van der Waals surface area contributed by atoms with E-state index in [1.165, 1.54) is 24.3 Å². The molecule has 0 aliphatic carbocycles. The van der Waals surface area contributed by atoms with E-state index in [2.05, 4.69) is 15.5 Å². The topological polar surface area (TPSA) is 98.2 Å². The van der Waals surface area contributed by atoms with Gasteiger partial charge in [0.05, 0.1) is 22.2 Å². The van der Waals surface area contributed by atoms with Crippen LogP contribution >= 0.6 is 11.3 Å². The third kappa shape index (κ3) is 3.04. The summed E-state index contributed by atoms with van der Waals surface area (Å²) >= 11 is 1.04. The van der Waals surface area contributed by atoms with Crippen LogP contribution in [0.2, 0.25) is 0 Å². The van der Waals surface area contributed by atoms with E-state index in [4.69, 9.17) is 0 Å². The predicted molar refractivity (Wildman–Crippen MR) is 94.2 cm³/mol. The lowest BCUT2D eigenvalue weighted by atomic mass is 10.1. The molecular weight excluding hydrogens is 383 g/mol. The molecule has 2 aromatic carbocycles. The number of fused-ring (bicyclic) bond motifs is 2. The van der Waals surface area contributed by atoms with Gasteiger partial charge in [0.1, 0.15) is 0 Å². The van der Waals surface area contributed by atoms with Gasteiger partial charge in [0, 0.05) is 21.8 Å². The van der Waals surface area contributed by atoms with Crippen LogP contribution in [0.25, 0.3) is 21.0 Å². The highest BCUT2D eigenvalue weighted by Crippen LogP contribution is 2.37. The van der Waals surface area contributed by atoms with Gasteiger partial charge in [-0.15, -0.1) is 11.3 Å². The van der Waals surface area contributed by atoms with E-state index >= 15 is 0 Å². The number of aromatic hydroxyl groups is 2. The van der Waals surface area contributed by atoms with Crippen LogP contribution in [-0.2, 0) is 6.18 Å². The summed E-state index contributed by atoms with van der Waals surface area (Å²) in [4.78, 5) is 12.7. The number of anilines is 1. The van der Waals surface area contributed by atoms with Gasteiger partial charge in [0.2, 0.25) is 0 Å². The Morgan fingerprint density at radius 3 is 2.59 bits per heavy atom. The maximum Gasteiger partial charge on any atom is 0.417 e. The van der Waals surface area contributed by atoms with Gasteiger partial charge in [-0.3, -0.25) is 9.89 Å². The van der Waals surface area contributed by atoms with Crippen LogP contribution in [0.1, 0.15) is 15.2 Å². The SMILES string of the molecule is O=C(Nc1cc(C(F)(F)F)c2cn[nH]c2c1)c1cc2cc(O)c(O)cc2s1. The zero-order valence-electron chi connectivity index (χ0n) is 13.3. The number of phenolic OH excluding ortho intramolecular Hbond substituents is 2. The number of H-pyrrole nitrogens is 1. The van der Waals surface area contributed by atoms with Crippen molar-refractivity contribution in [3.05, 3.63) is 47.0 Å². The van der Waals surface area contributed by atoms with Gasteiger partial charge in [-0.1, -0.05) is 0 Å². The molecule has 0 radical (unpaired) electrons. The minimum atomic E-state index is -4.60. The summed E-state index contributed by atoms with van der Waals surface area (Å²) in [5, 5.41) is 28.0. The number of carbonyl (C=O) groups excluding carboxylic acids is 1. The first-order valence-electron chi connectivity index (χ1n) is 7.53. The van der Waals surface area contributed by atoms with Gasteiger partial charge in [-0.05, 0) is 29.7 Å². The van der Waals surface area contributed by atoms with E-state index < -0.39 is 17.6 Å². The lowest BCUT2D eigenvalue weighted by molar-refractivity contribution is -0.136. The maximum atomic E-state index is 13.3. The summed E-state index contributed by atoms with van der Waals surface area (Å²) in [5.74, 6) is -1.26. The fourth-order valence-corrected chi connectivity index (χ4v) is 3.70. The van der Waals surface area contributed by atoms with Gasteiger partial charge in [-0.2, -0.15) is 18.3 Å². The van der Waals surface area contributed by atoms with E-state index in [-0.39, 0.29) is 33.0 Å². The average Bonchev–Trinajstić information content (AvgIpc) is 3.20. The van der Waals surface area contributed by atoms with E-state index in [1.54, 1.807) is 0 Å². The number of benzene rings is 2. The van der Waals surface area contributed by atoms with Crippen molar-refractivity contribution in [2.75, 3.05) is 5.32 Å². The zero-order valence-corrected chi connectivity index (χ0v) is 14.1. The van der Waals surface area contributed by atoms with Crippen molar-refractivity contribution in [3.63, 3.8) is 0 Å². The number of hydrogen-bond acceptors (Lipinski definition) is 5. The highest BCUT2D eigenvalue weighted by atomic mass is 32.1. The highest BCUT2D eigenvalue weighted by molar-refractivity contribution is 7.20.